The van der Waals surface area contributed by atoms with Crippen molar-refractivity contribution >= 4 is 11.9 Å². The van der Waals surface area contributed by atoms with Gasteiger partial charge in [0.15, 0.2) is 0 Å². The van der Waals surface area contributed by atoms with Crippen LogP contribution in [0.15, 0.2) is 0 Å². The fourth-order valence-corrected chi connectivity index (χ4v) is 1.88. The van der Waals surface area contributed by atoms with Gasteiger partial charge in [0.2, 0.25) is 5.91 Å². The normalized spacial score (nSPS) is 17.2. The summed E-state index contributed by atoms with van der Waals surface area (Å²) in [5, 5.41) is 3.31. The van der Waals surface area contributed by atoms with Crippen LogP contribution in [0, 0.1) is 0 Å². The van der Waals surface area contributed by atoms with Crippen molar-refractivity contribution in [3.8, 4) is 0 Å². The second-order valence-corrected chi connectivity index (χ2v) is 4.06. The summed E-state index contributed by atoms with van der Waals surface area (Å²) < 4.78 is 4.56. The Balaban J connectivity index is 2.13. The van der Waals surface area contributed by atoms with Gasteiger partial charge in [-0.1, -0.05) is 0 Å². The van der Waals surface area contributed by atoms with Gasteiger partial charge < -0.3 is 15.0 Å². The molecule has 5 nitrogen and oxygen atoms in total. The third-order valence-electron chi connectivity index (χ3n) is 2.93. The summed E-state index contributed by atoms with van der Waals surface area (Å²) in [5.74, 6) is -0.0401. The minimum atomic E-state index is -0.186. The number of piperidine rings is 1. The van der Waals surface area contributed by atoms with Gasteiger partial charge in [-0.05, 0) is 12.8 Å². The number of nitrogens with one attached hydrogen (secondary N) is 1. The Morgan fingerprint density at radius 2 is 2.00 bits per heavy atom. The fraction of sp³-hybridized carbons (Fsp3) is 0.818. The molecule has 1 fully saturated rings. The number of esters is 1. The topological polar surface area (TPSA) is 58.6 Å². The summed E-state index contributed by atoms with van der Waals surface area (Å²) >= 11 is 0. The Morgan fingerprint density at radius 1 is 1.38 bits per heavy atom. The highest BCUT2D eigenvalue weighted by Gasteiger charge is 2.19. The largest absolute Gasteiger partial charge is 0.469 e. The number of likely N-dealkylation sites (tertiary alicyclic amines) is 1. The van der Waals surface area contributed by atoms with Crippen LogP contribution in [-0.2, 0) is 14.3 Å². The Bertz CT molecular complexity index is 248. The summed E-state index contributed by atoms with van der Waals surface area (Å²) in [6.45, 7) is 3.87. The molecule has 0 aromatic carbocycles. The monoisotopic (exact) mass is 228 g/mol. The van der Waals surface area contributed by atoms with Gasteiger partial charge in [-0.15, -0.1) is 0 Å². The van der Waals surface area contributed by atoms with Gasteiger partial charge in [-0.3, -0.25) is 9.59 Å². The van der Waals surface area contributed by atoms with E-state index in [0.717, 1.165) is 25.9 Å². The van der Waals surface area contributed by atoms with E-state index in [-0.39, 0.29) is 11.9 Å². The Morgan fingerprint density at radius 3 is 2.50 bits per heavy atom. The first-order chi connectivity index (χ1) is 7.63. The molecule has 0 radical (unpaired) electrons. The number of hydrogen-bond acceptors (Lipinski definition) is 4. The molecule has 5 heteroatoms. The molecule has 92 valence electrons. The highest BCUT2D eigenvalue weighted by Crippen LogP contribution is 2.10. The van der Waals surface area contributed by atoms with Crippen LogP contribution < -0.4 is 5.32 Å². The van der Waals surface area contributed by atoms with Gasteiger partial charge in [-0.2, -0.15) is 0 Å². The lowest BCUT2D eigenvalue weighted by Gasteiger charge is -2.31. The number of rotatable bonds is 4. The zero-order chi connectivity index (χ0) is 12.0. The van der Waals surface area contributed by atoms with E-state index in [1.807, 2.05) is 4.90 Å². The lowest BCUT2D eigenvalue weighted by molar-refractivity contribution is -0.140. The quantitative estimate of drug-likeness (QED) is 0.696. The maximum Gasteiger partial charge on any atom is 0.306 e. The second kappa shape index (κ2) is 6.48. The Labute approximate surface area is 96.1 Å². The van der Waals surface area contributed by atoms with Crippen LogP contribution >= 0.6 is 0 Å². The number of methoxy groups -OCH3 is 1. The number of nitrogens with zero attached hydrogens (tertiary/aromatic N) is 1. The van der Waals surface area contributed by atoms with Gasteiger partial charge in [0.1, 0.15) is 0 Å². The maximum absolute atomic E-state index is 11.1. The standard InChI is InChI=1S/C11H20N2O3/c1-9(14)13-7-4-10(5-8-13)12-6-3-11(15)16-2/h10,12H,3-8H2,1-2H3. The number of carbonyl (C=O) groups excluding carboxylic acids is 2. The molecule has 0 aliphatic carbocycles. The van der Waals surface area contributed by atoms with Crippen LogP contribution in [0.2, 0.25) is 0 Å². The molecular formula is C11H20N2O3. The van der Waals surface area contributed by atoms with Crippen LogP contribution in [0.3, 0.4) is 0 Å². The van der Waals surface area contributed by atoms with Crippen molar-refractivity contribution < 1.29 is 14.3 Å². The highest BCUT2D eigenvalue weighted by molar-refractivity contribution is 5.73. The lowest BCUT2D eigenvalue weighted by Crippen LogP contribution is -2.44. The summed E-state index contributed by atoms with van der Waals surface area (Å²) in [6.07, 6.45) is 2.32. The minimum Gasteiger partial charge on any atom is -0.469 e. The minimum absolute atomic E-state index is 0.146. The molecule has 0 atom stereocenters. The summed E-state index contributed by atoms with van der Waals surface area (Å²) in [5.41, 5.74) is 0. The van der Waals surface area contributed by atoms with Gasteiger partial charge >= 0.3 is 5.97 Å². The van der Waals surface area contributed by atoms with E-state index < -0.39 is 0 Å². The van der Waals surface area contributed by atoms with E-state index in [2.05, 4.69) is 10.1 Å². The van der Waals surface area contributed by atoms with Crippen molar-refractivity contribution in [2.24, 2.45) is 0 Å². The van der Waals surface area contributed by atoms with Crippen molar-refractivity contribution in [1.82, 2.24) is 10.2 Å². The molecule has 1 aliphatic heterocycles. The molecule has 0 saturated carbocycles. The molecule has 0 aromatic heterocycles. The second-order valence-electron chi connectivity index (χ2n) is 4.06. The van der Waals surface area contributed by atoms with E-state index in [9.17, 15) is 9.59 Å². The van der Waals surface area contributed by atoms with Crippen LogP contribution in [0.5, 0.6) is 0 Å². The van der Waals surface area contributed by atoms with Gasteiger partial charge in [0.25, 0.3) is 0 Å². The molecule has 0 spiro atoms. The van der Waals surface area contributed by atoms with Crippen LogP contribution in [0.4, 0.5) is 0 Å². The average molecular weight is 228 g/mol. The molecule has 1 aliphatic rings. The average Bonchev–Trinajstić information content (AvgIpc) is 2.29. The first kappa shape index (κ1) is 13.0. The van der Waals surface area contributed by atoms with Crippen LogP contribution in [0.25, 0.3) is 0 Å². The zero-order valence-electron chi connectivity index (χ0n) is 9.99. The van der Waals surface area contributed by atoms with Crippen molar-refractivity contribution in [1.29, 1.82) is 0 Å². The van der Waals surface area contributed by atoms with E-state index in [1.54, 1.807) is 6.92 Å². The first-order valence-corrected chi connectivity index (χ1v) is 5.69. The summed E-state index contributed by atoms with van der Waals surface area (Å²) in [4.78, 5) is 23.8. The first-order valence-electron chi connectivity index (χ1n) is 5.69. The van der Waals surface area contributed by atoms with Crippen LogP contribution in [0.1, 0.15) is 26.2 Å². The molecule has 16 heavy (non-hydrogen) atoms. The maximum atomic E-state index is 11.1. The number of carbonyl (C=O) groups is 2. The molecule has 1 N–H and O–H groups in total. The predicted octanol–water partition coefficient (Wildman–Crippen LogP) is 0.150. The SMILES string of the molecule is COC(=O)CCNC1CCN(C(C)=O)CC1. The van der Waals surface area contributed by atoms with Crippen molar-refractivity contribution in [2.45, 2.75) is 32.2 Å². The van der Waals surface area contributed by atoms with E-state index in [4.69, 9.17) is 0 Å². The molecule has 1 heterocycles. The molecular weight excluding hydrogens is 208 g/mol. The van der Waals surface area contributed by atoms with E-state index in [0.29, 0.717) is 19.0 Å². The number of hydrogen-bond donors (Lipinski definition) is 1. The molecule has 0 bridgehead atoms. The van der Waals surface area contributed by atoms with Crippen molar-refractivity contribution in [2.75, 3.05) is 26.7 Å². The van der Waals surface area contributed by atoms with Crippen molar-refractivity contribution in [3.05, 3.63) is 0 Å². The van der Waals surface area contributed by atoms with Gasteiger partial charge in [0, 0.05) is 32.6 Å². The molecule has 0 aromatic rings. The Hall–Kier alpha value is -1.10. The molecule has 1 rings (SSSR count). The van der Waals surface area contributed by atoms with Gasteiger partial charge in [0.05, 0.1) is 13.5 Å². The summed E-state index contributed by atoms with van der Waals surface area (Å²) in [7, 11) is 1.40. The number of ether oxygens (including phenoxy) is 1. The molecule has 1 saturated heterocycles. The summed E-state index contributed by atoms with van der Waals surface area (Å²) in [6, 6.07) is 0.417. The van der Waals surface area contributed by atoms with E-state index >= 15 is 0 Å². The van der Waals surface area contributed by atoms with Gasteiger partial charge in [-0.25, -0.2) is 0 Å². The molecule has 1 amide bonds. The Kier molecular flexibility index (Phi) is 5.25. The fourth-order valence-electron chi connectivity index (χ4n) is 1.88. The van der Waals surface area contributed by atoms with E-state index in [1.165, 1.54) is 7.11 Å². The third-order valence-corrected chi connectivity index (χ3v) is 2.93. The zero-order valence-corrected chi connectivity index (χ0v) is 9.99. The smallest absolute Gasteiger partial charge is 0.306 e. The third kappa shape index (κ3) is 4.18. The van der Waals surface area contributed by atoms with Crippen LogP contribution in [-0.4, -0.2) is 49.6 Å². The molecule has 0 unspecified atom stereocenters. The van der Waals surface area contributed by atoms with Crippen molar-refractivity contribution in [3.63, 3.8) is 0 Å². The lowest BCUT2D eigenvalue weighted by atomic mass is 10.1. The highest BCUT2D eigenvalue weighted by atomic mass is 16.5. The number of amides is 1. The predicted molar refractivity (Wildman–Crippen MR) is 59.9 cm³/mol.